The first-order chi connectivity index (χ1) is 9.99. The van der Waals surface area contributed by atoms with Gasteiger partial charge in [0.25, 0.3) is 5.78 Å². The van der Waals surface area contributed by atoms with Crippen molar-refractivity contribution >= 4 is 23.2 Å². The first-order valence-corrected chi connectivity index (χ1v) is 6.92. The van der Waals surface area contributed by atoms with E-state index >= 15 is 0 Å². The van der Waals surface area contributed by atoms with Crippen molar-refractivity contribution in [1.82, 2.24) is 24.7 Å². The number of fused-ring (bicyclic) bond motifs is 1. The lowest BCUT2D eigenvalue weighted by Crippen LogP contribution is -2.14. The zero-order valence-electron chi connectivity index (χ0n) is 12.2. The molecule has 0 aliphatic heterocycles. The Morgan fingerprint density at radius 3 is 2.76 bits per heavy atom. The quantitative estimate of drug-likeness (QED) is 0.749. The van der Waals surface area contributed by atoms with Crippen molar-refractivity contribution in [1.29, 1.82) is 0 Å². The van der Waals surface area contributed by atoms with E-state index in [9.17, 15) is 0 Å². The van der Waals surface area contributed by atoms with Crippen LogP contribution in [0.1, 0.15) is 35.5 Å². The lowest BCUT2D eigenvalue weighted by molar-refractivity contribution is 0.392. The van der Waals surface area contributed by atoms with Gasteiger partial charge in [0.05, 0.1) is 11.7 Å². The summed E-state index contributed by atoms with van der Waals surface area (Å²) in [6, 6.07) is -0.0131. The number of hydrogen-bond donors (Lipinski definition) is 1. The van der Waals surface area contributed by atoms with E-state index in [1.807, 2.05) is 27.7 Å². The van der Waals surface area contributed by atoms with Crippen LogP contribution in [-0.4, -0.2) is 24.7 Å². The number of nitrogens with one attached hydrogen (secondary N) is 1. The van der Waals surface area contributed by atoms with E-state index in [0.717, 1.165) is 28.4 Å². The summed E-state index contributed by atoms with van der Waals surface area (Å²) in [7, 11) is 0. The maximum Gasteiger partial charge on any atom is 0.255 e. The van der Waals surface area contributed by atoms with E-state index in [2.05, 4.69) is 25.5 Å². The van der Waals surface area contributed by atoms with Gasteiger partial charge in [-0.25, -0.2) is 0 Å². The predicted molar refractivity (Wildman–Crippen MR) is 78.5 cm³/mol. The lowest BCUT2D eigenvalue weighted by Gasteiger charge is -2.17. The second-order valence-corrected chi connectivity index (χ2v) is 5.31. The fourth-order valence-corrected chi connectivity index (χ4v) is 2.62. The normalized spacial score (nSPS) is 12.8. The van der Waals surface area contributed by atoms with E-state index < -0.39 is 0 Å². The van der Waals surface area contributed by atoms with Crippen LogP contribution in [0.2, 0.25) is 5.15 Å². The Hall–Kier alpha value is -2.15. The van der Waals surface area contributed by atoms with Gasteiger partial charge in [-0.3, -0.25) is 0 Å². The Kier molecular flexibility index (Phi) is 3.29. The summed E-state index contributed by atoms with van der Waals surface area (Å²) in [5.41, 5.74) is 2.70. The third-order valence-corrected chi connectivity index (χ3v) is 3.85. The molecule has 1 unspecified atom stereocenters. The number of hydrogen-bond acceptors (Lipinski definition) is 6. The van der Waals surface area contributed by atoms with Gasteiger partial charge in [0.15, 0.2) is 0 Å². The highest BCUT2D eigenvalue weighted by Gasteiger charge is 2.20. The summed E-state index contributed by atoms with van der Waals surface area (Å²) >= 11 is 6.16. The number of nitrogens with zero attached hydrogens (tertiary/aromatic N) is 5. The molecule has 0 fully saturated rings. The molecule has 0 saturated heterocycles. The minimum atomic E-state index is -0.0131. The van der Waals surface area contributed by atoms with E-state index in [1.54, 1.807) is 4.52 Å². The number of aromatic nitrogens is 5. The highest BCUT2D eigenvalue weighted by atomic mass is 35.5. The van der Waals surface area contributed by atoms with Crippen LogP contribution < -0.4 is 5.32 Å². The molecule has 110 valence electrons. The Labute approximate surface area is 126 Å². The van der Waals surface area contributed by atoms with Gasteiger partial charge >= 0.3 is 0 Å². The summed E-state index contributed by atoms with van der Waals surface area (Å²) in [4.78, 5) is 8.26. The van der Waals surface area contributed by atoms with Crippen LogP contribution in [0, 0.1) is 20.8 Å². The van der Waals surface area contributed by atoms with Gasteiger partial charge in [0, 0.05) is 11.1 Å². The van der Waals surface area contributed by atoms with E-state index in [0.29, 0.717) is 10.9 Å². The van der Waals surface area contributed by atoms with E-state index in [4.69, 9.17) is 16.1 Å². The molecule has 0 radical (unpaired) electrons. The fourth-order valence-electron chi connectivity index (χ4n) is 2.45. The molecule has 3 aromatic rings. The monoisotopic (exact) mass is 306 g/mol. The summed E-state index contributed by atoms with van der Waals surface area (Å²) in [5, 5.41) is 12.0. The Bertz CT molecular complexity index is 789. The van der Waals surface area contributed by atoms with Gasteiger partial charge in [-0.05, 0) is 27.7 Å². The minimum Gasteiger partial charge on any atom is -0.363 e. The van der Waals surface area contributed by atoms with Gasteiger partial charge in [0.1, 0.15) is 23.1 Å². The molecule has 0 spiro atoms. The van der Waals surface area contributed by atoms with E-state index in [-0.39, 0.29) is 6.04 Å². The second-order valence-electron chi connectivity index (χ2n) is 4.95. The second kappa shape index (κ2) is 5.00. The van der Waals surface area contributed by atoms with Crippen molar-refractivity contribution < 1.29 is 4.52 Å². The molecule has 1 N–H and O–H groups in total. The maximum absolute atomic E-state index is 6.16. The summed E-state index contributed by atoms with van der Waals surface area (Å²) in [6.07, 6.45) is 1.45. The van der Waals surface area contributed by atoms with Crippen LogP contribution in [0.3, 0.4) is 0 Å². The van der Waals surface area contributed by atoms with Gasteiger partial charge in [-0.2, -0.15) is 19.6 Å². The number of halogens is 1. The molecular formula is C13H15ClN6O. The van der Waals surface area contributed by atoms with Crippen molar-refractivity contribution in [2.45, 2.75) is 33.7 Å². The third kappa shape index (κ3) is 2.23. The molecule has 7 nitrogen and oxygen atoms in total. The number of anilines is 1. The maximum atomic E-state index is 6.16. The molecule has 0 bridgehead atoms. The summed E-state index contributed by atoms with van der Waals surface area (Å²) in [6.45, 7) is 7.73. The van der Waals surface area contributed by atoms with Crippen molar-refractivity contribution in [3.63, 3.8) is 0 Å². The fraction of sp³-hybridized carbons (Fsp3) is 0.385. The SMILES string of the molecule is Cc1noc(C)c1C(C)Nc1c(C)c(Cl)nc2ncnn12. The molecule has 3 aromatic heterocycles. The van der Waals surface area contributed by atoms with Gasteiger partial charge in [-0.15, -0.1) is 0 Å². The van der Waals surface area contributed by atoms with Crippen LogP contribution in [-0.2, 0) is 0 Å². The third-order valence-electron chi connectivity index (χ3n) is 3.48. The van der Waals surface area contributed by atoms with Crippen LogP contribution >= 0.6 is 11.6 Å². The molecule has 8 heteroatoms. The molecule has 3 rings (SSSR count). The van der Waals surface area contributed by atoms with Gasteiger partial charge < -0.3 is 9.84 Å². The van der Waals surface area contributed by atoms with Crippen molar-refractivity contribution in [2.24, 2.45) is 0 Å². The molecule has 1 atom stereocenters. The molecular weight excluding hydrogens is 292 g/mol. The largest absolute Gasteiger partial charge is 0.363 e. The topological polar surface area (TPSA) is 81.1 Å². The first-order valence-electron chi connectivity index (χ1n) is 6.54. The van der Waals surface area contributed by atoms with Crippen molar-refractivity contribution in [2.75, 3.05) is 5.32 Å². The summed E-state index contributed by atoms with van der Waals surface area (Å²) < 4.78 is 6.85. The Morgan fingerprint density at radius 1 is 1.33 bits per heavy atom. The summed E-state index contributed by atoms with van der Waals surface area (Å²) in [5.74, 6) is 2.01. The average molecular weight is 307 g/mol. The molecule has 0 aliphatic rings. The zero-order chi connectivity index (χ0) is 15.1. The molecule has 21 heavy (non-hydrogen) atoms. The van der Waals surface area contributed by atoms with Gasteiger partial charge in [-0.1, -0.05) is 16.8 Å². The lowest BCUT2D eigenvalue weighted by atomic mass is 10.1. The number of rotatable bonds is 3. The molecule has 0 aromatic carbocycles. The minimum absolute atomic E-state index is 0.0131. The van der Waals surface area contributed by atoms with Crippen LogP contribution in [0.15, 0.2) is 10.9 Å². The smallest absolute Gasteiger partial charge is 0.255 e. The van der Waals surface area contributed by atoms with Gasteiger partial charge in [0.2, 0.25) is 0 Å². The highest BCUT2D eigenvalue weighted by molar-refractivity contribution is 6.30. The standard InChI is InChI=1S/C13H15ClN6O/c1-6-11(14)18-13-15-5-16-20(13)12(6)17-7(2)10-8(3)19-21-9(10)4/h5,7,17H,1-4H3. The average Bonchev–Trinajstić information content (AvgIpc) is 3.01. The Balaban J connectivity index is 2.06. The van der Waals surface area contributed by atoms with Crippen LogP contribution in [0.5, 0.6) is 0 Å². The van der Waals surface area contributed by atoms with Crippen LogP contribution in [0.25, 0.3) is 5.78 Å². The molecule has 0 saturated carbocycles. The molecule has 3 heterocycles. The van der Waals surface area contributed by atoms with Crippen molar-refractivity contribution in [3.05, 3.63) is 34.1 Å². The van der Waals surface area contributed by atoms with E-state index in [1.165, 1.54) is 6.33 Å². The molecule has 0 amide bonds. The highest BCUT2D eigenvalue weighted by Crippen LogP contribution is 2.28. The first kappa shape index (κ1) is 13.8. The predicted octanol–water partition coefficient (Wildman–Crippen LogP) is 2.86. The number of aryl methyl sites for hydroxylation is 2. The molecule has 0 aliphatic carbocycles. The zero-order valence-corrected chi connectivity index (χ0v) is 12.9. The van der Waals surface area contributed by atoms with Crippen molar-refractivity contribution in [3.8, 4) is 0 Å². The van der Waals surface area contributed by atoms with Crippen LogP contribution in [0.4, 0.5) is 5.82 Å². The Morgan fingerprint density at radius 2 is 2.10 bits per heavy atom.